The highest BCUT2D eigenvalue weighted by atomic mass is 35.5. The third-order valence-electron chi connectivity index (χ3n) is 1.81. The van der Waals surface area contributed by atoms with E-state index in [4.69, 9.17) is 11.6 Å². The zero-order valence-electron chi connectivity index (χ0n) is 8.07. The van der Waals surface area contributed by atoms with E-state index in [0.717, 1.165) is 0 Å². The molecule has 0 saturated carbocycles. The largest absolute Gasteiger partial charge is 0.350 e. The van der Waals surface area contributed by atoms with Crippen LogP contribution in [-0.2, 0) is 7.05 Å². The van der Waals surface area contributed by atoms with Gasteiger partial charge in [-0.1, -0.05) is 0 Å². The van der Waals surface area contributed by atoms with E-state index >= 15 is 0 Å². The van der Waals surface area contributed by atoms with Gasteiger partial charge in [0.25, 0.3) is 11.6 Å². The maximum absolute atomic E-state index is 11.4. The summed E-state index contributed by atoms with van der Waals surface area (Å²) >= 11 is 5.40. The highest BCUT2D eigenvalue weighted by Crippen LogP contribution is 2.14. The number of nitrogens with one attached hydrogen (secondary N) is 1. The average Bonchev–Trinajstić information content (AvgIpc) is 2.57. The fraction of sp³-hybridized carbons (Fsp3) is 0.375. The summed E-state index contributed by atoms with van der Waals surface area (Å²) in [5.41, 5.74) is 0.139. The lowest BCUT2D eigenvalue weighted by Gasteiger charge is -2.02. The molecule has 0 unspecified atom stereocenters. The van der Waals surface area contributed by atoms with Crippen molar-refractivity contribution in [2.75, 3.05) is 12.4 Å². The number of hydrogen-bond donors (Lipinski definition) is 1. The summed E-state index contributed by atoms with van der Waals surface area (Å²) in [6, 6.07) is 1.23. The first-order valence-corrected chi connectivity index (χ1v) is 4.74. The van der Waals surface area contributed by atoms with Crippen LogP contribution in [0.3, 0.4) is 0 Å². The third-order valence-corrected chi connectivity index (χ3v) is 2.00. The highest BCUT2D eigenvalue weighted by molar-refractivity contribution is 6.18. The van der Waals surface area contributed by atoms with Crippen molar-refractivity contribution < 1.29 is 9.72 Å². The SMILES string of the molecule is Cn1cc([N+](=O)[O-])cc1C(=O)NCCCl. The third kappa shape index (κ3) is 2.69. The lowest BCUT2D eigenvalue weighted by molar-refractivity contribution is -0.384. The summed E-state index contributed by atoms with van der Waals surface area (Å²) in [5, 5.41) is 13.0. The second-order valence-electron chi connectivity index (χ2n) is 2.90. The Morgan fingerprint density at radius 3 is 2.87 bits per heavy atom. The average molecular weight is 232 g/mol. The minimum absolute atomic E-state index is 0.103. The molecule has 82 valence electrons. The van der Waals surface area contributed by atoms with Crippen LogP contribution >= 0.6 is 11.6 Å². The number of carbonyl (C=O) groups is 1. The van der Waals surface area contributed by atoms with Gasteiger partial charge < -0.3 is 9.88 Å². The molecule has 0 aliphatic rings. The number of halogens is 1. The standard InChI is InChI=1S/C8H10ClN3O3/c1-11-5-6(12(14)15)4-7(11)8(13)10-3-2-9/h4-5H,2-3H2,1H3,(H,10,13). The van der Waals surface area contributed by atoms with Crippen molar-refractivity contribution in [3.05, 3.63) is 28.1 Å². The number of nitro groups is 1. The zero-order chi connectivity index (χ0) is 11.4. The number of amides is 1. The molecule has 7 heteroatoms. The quantitative estimate of drug-likeness (QED) is 0.475. The Kier molecular flexibility index (Phi) is 3.68. The van der Waals surface area contributed by atoms with Gasteiger partial charge in [0.05, 0.1) is 11.1 Å². The van der Waals surface area contributed by atoms with Gasteiger partial charge in [-0.05, 0) is 0 Å². The molecule has 0 atom stereocenters. The summed E-state index contributed by atoms with van der Waals surface area (Å²) in [4.78, 5) is 21.3. The highest BCUT2D eigenvalue weighted by Gasteiger charge is 2.16. The summed E-state index contributed by atoms with van der Waals surface area (Å²) in [6.07, 6.45) is 1.29. The predicted octanol–water partition coefficient (Wildman–Crippen LogP) is 0.902. The molecule has 1 heterocycles. The van der Waals surface area contributed by atoms with Crippen molar-refractivity contribution in [1.82, 2.24) is 9.88 Å². The molecule has 15 heavy (non-hydrogen) atoms. The van der Waals surface area contributed by atoms with Crippen LogP contribution in [-0.4, -0.2) is 27.8 Å². The fourth-order valence-corrected chi connectivity index (χ4v) is 1.22. The van der Waals surface area contributed by atoms with Crippen molar-refractivity contribution in [2.45, 2.75) is 0 Å². The molecule has 1 aromatic rings. The van der Waals surface area contributed by atoms with E-state index in [9.17, 15) is 14.9 Å². The molecule has 0 bridgehead atoms. The molecule has 0 fully saturated rings. The van der Waals surface area contributed by atoms with E-state index in [1.54, 1.807) is 7.05 Å². The van der Waals surface area contributed by atoms with Crippen LogP contribution in [0.5, 0.6) is 0 Å². The lowest BCUT2D eigenvalue weighted by Crippen LogP contribution is -2.26. The van der Waals surface area contributed by atoms with Crippen molar-refractivity contribution in [1.29, 1.82) is 0 Å². The van der Waals surface area contributed by atoms with Crippen molar-refractivity contribution in [2.24, 2.45) is 7.05 Å². The molecular weight excluding hydrogens is 222 g/mol. The molecule has 0 saturated heterocycles. The van der Waals surface area contributed by atoms with Gasteiger partial charge in [0.15, 0.2) is 0 Å². The number of alkyl halides is 1. The maximum atomic E-state index is 11.4. The summed E-state index contributed by atoms with van der Waals surface area (Å²) in [6.45, 7) is 0.333. The van der Waals surface area contributed by atoms with Gasteiger partial charge in [0.2, 0.25) is 0 Å². The fourth-order valence-electron chi connectivity index (χ4n) is 1.12. The predicted molar refractivity (Wildman–Crippen MR) is 55.1 cm³/mol. The van der Waals surface area contributed by atoms with Gasteiger partial charge in [-0.3, -0.25) is 14.9 Å². The maximum Gasteiger partial charge on any atom is 0.287 e. The second-order valence-corrected chi connectivity index (χ2v) is 3.27. The molecule has 1 amide bonds. The van der Waals surface area contributed by atoms with Crippen LogP contribution in [0.1, 0.15) is 10.5 Å². The Labute approximate surface area is 91.0 Å². The van der Waals surface area contributed by atoms with Crippen LogP contribution in [0.25, 0.3) is 0 Å². The summed E-state index contributed by atoms with van der Waals surface area (Å²) < 4.78 is 1.40. The van der Waals surface area contributed by atoms with Gasteiger partial charge in [0, 0.05) is 25.5 Å². The number of hydrogen-bond acceptors (Lipinski definition) is 3. The number of rotatable bonds is 4. The zero-order valence-corrected chi connectivity index (χ0v) is 8.82. The number of nitrogens with zero attached hydrogens (tertiary/aromatic N) is 2. The molecule has 0 aliphatic carbocycles. The Bertz CT molecular complexity index is 388. The van der Waals surface area contributed by atoms with Crippen LogP contribution in [0.15, 0.2) is 12.3 Å². The van der Waals surface area contributed by atoms with Crippen molar-refractivity contribution in [3.8, 4) is 0 Å². The molecular formula is C8H10ClN3O3. The normalized spacial score (nSPS) is 10.0. The molecule has 0 aromatic carbocycles. The first-order chi connectivity index (χ1) is 7.06. The lowest BCUT2D eigenvalue weighted by atomic mass is 10.4. The van der Waals surface area contributed by atoms with Gasteiger partial charge in [0.1, 0.15) is 5.69 Å². The van der Waals surface area contributed by atoms with Crippen LogP contribution in [0.2, 0.25) is 0 Å². The minimum Gasteiger partial charge on any atom is -0.350 e. The van der Waals surface area contributed by atoms with Gasteiger partial charge >= 0.3 is 0 Å². The molecule has 1 N–H and O–H groups in total. The monoisotopic (exact) mass is 231 g/mol. The van der Waals surface area contributed by atoms with Gasteiger partial charge in [-0.2, -0.15) is 0 Å². The number of carbonyl (C=O) groups excluding carboxylic acids is 1. The number of aromatic nitrogens is 1. The van der Waals surface area contributed by atoms with Crippen molar-refractivity contribution in [3.63, 3.8) is 0 Å². The number of aryl methyl sites for hydroxylation is 1. The van der Waals surface area contributed by atoms with E-state index in [1.165, 1.54) is 16.8 Å². The van der Waals surface area contributed by atoms with Crippen LogP contribution in [0.4, 0.5) is 5.69 Å². The van der Waals surface area contributed by atoms with E-state index in [-0.39, 0.29) is 17.3 Å². The van der Waals surface area contributed by atoms with Gasteiger partial charge in [-0.25, -0.2) is 0 Å². The Morgan fingerprint density at radius 1 is 1.73 bits per heavy atom. The minimum atomic E-state index is -0.543. The molecule has 0 spiro atoms. The second kappa shape index (κ2) is 4.79. The molecule has 0 radical (unpaired) electrons. The van der Waals surface area contributed by atoms with Gasteiger partial charge in [-0.15, -0.1) is 11.6 Å². The first-order valence-electron chi connectivity index (χ1n) is 4.21. The topological polar surface area (TPSA) is 77.2 Å². The smallest absolute Gasteiger partial charge is 0.287 e. The Hall–Kier alpha value is -1.56. The van der Waals surface area contributed by atoms with E-state index < -0.39 is 4.92 Å². The summed E-state index contributed by atoms with van der Waals surface area (Å²) in [5.74, 6) is -0.0654. The molecule has 0 aliphatic heterocycles. The molecule has 1 rings (SSSR count). The summed E-state index contributed by atoms with van der Waals surface area (Å²) in [7, 11) is 1.57. The van der Waals surface area contributed by atoms with E-state index in [0.29, 0.717) is 12.4 Å². The molecule has 1 aromatic heterocycles. The van der Waals surface area contributed by atoms with Crippen LogP contribution in [0, 0.1) is 10.1 Å². The van der Waals surface area contributed by atoms with E-state index in [2.05, 4.69) is 5.32 Å². The first kappa shape index (κ1) is 11.5. The molecule has 6 nitrogen and oxygen atoms in total. The van der Waals surface area contributed by atoms with E-state index in [1.807, 2.05) is 0 Å². The Balaban J connectivity index is 2.85. The van der Waals surface area contributed by atoms with Crippen molar-refractivity contribution >= 4 is 23.2 Å². The van der Waals surface area contributed by atoms with Crippen LogP contribution < -0.4 is 5.32 Å². The Morgan fingerprint density at radius 2 is 2.40 bits per heavy atom.